The minimum absolute atomic E-state index is 0.181. The quantitative estimate of drug-likeness (QED) is 0.302. The van der Waals surface area contributed by atoms with Crippen molar-refractivity contribution in [1.82, 2.24) is 4.98 Å². The van der Waals surface area contributed by atoms with E-state index in [0.29, 0.717) is 22.8 Å². The number of anilines is 3. The topological polar surface area (TPSA) is 101 Å². The van der Waals surface area contributed by atoms with Crippen LogP contribution in [0.5, 0.6) is 5.75 Å². The van der Waals surface area contributed by atoms with Gasteiger partial charge in [0.1, 0.15) is 17.7 Å². The molecule has 0 aliphatic rings. The lowest BCUT2D eigenvalue weighted by Gasteiger charge is -2.18. The summed E-state index contributed by atoms with van der Waals surface area (Å²) in [6.45, 7) is 0. The van der Waals surface area contributed by atoms with Crippen molar-refractivity contribution < 1.29 is 19.4 Å². The highest BCUT2D eigenvalue weighted by atomic mass is 16.5. The number of benzene rings is 3. The predicted molar refractivity (Wildman–Crippen MR) is 130 cm³/mol. The van der Waals surface area contributed by atoms with Crippen LogP contribution in [0.15, 0.2) is 103 Å². The van der Waals surface area contributed by atoms with Gasteiger partial charge in [-0.2, -0.15) is 0 Å². The number of hydrogen-bond donors (Lipinski definition) is 3. The fraction of sp³-hybridized carbons (Fsp3) is 0.0741. The maximum Gasteiger partial charge on any atom is 0.307 e. The van der Waals surface area contributed by atoms with Gasteiger partial charge >= 0.3 is 5.97 Å². The Morgan fingerprint density at radius 3 is 2.32 bits per heavy atom. The van der Waals surface area contributed by atoms with Gasteiger partial charge in [0.15, 0.2) is 0 Å². The van der Waals surface area contributed by atoms with Gasteiger partial charge in [-0.15, -0.1) is 0 Å². The zero-order valence-electron chi connectivity index (χ0n) is 18.2. The molecule has 0 fully saturated rings. The molecule has 7 heteroatoms. The molecule has 0 radical (unpaired) electrons. The maximum absolute atomic E-state index is 12.7. The van der Waals surface area contributed by atoms with E-state index in [1.165, 1.54) is 0 Å². The molecule has 4 aromatic rings. The fourth-order valence-corrected chi connectivity index (χ4v) is 3.36. The number of carboxylic acids is 1. The van der Waals surface area contributed by atoms with Crippen LogP contribution >= 0.6 is 0 Å². The molecule has 1 unspecified atom stereocenters. The van der Waals surface area contributed by atoms with E-state index in [-0.39, 0.29) is 12.3 Å². The van der Waals surface area contributed by atoms with Crippen LogP contribution in [-0.2, 0) is 4.79 Å². The molecule has 0 saturated carbocycles. The van der Waals surface area contributed by atoms with Crippen LogP contribution in [0.1, 0.15) is 28.4 Å². The SMILES string of the molecule is O=C(O)CC(Oc1cccc(NC(=O)c2ccc(Nc3ccccn3)cc2)c1)c1ccccc1. The van der Waals surface area contributed by atoms with E-state index < -0.39 is 12.1 Å². The Hall–Kier alpha value is -4.65. The highest BCUT2D eigenvalue weighted by Crippen LogP contribution is 2.27. The van der Waals surface area contributed by atoms with Gasteiger partial charge in [0.2, 0.25) is 0 Å². The Bertz CT molecular complexity index is 1250. The molecule has 1 aromatic heterocycles. The summed E-state index contributed by atoms with van der Waals surface area (Å²) in [6.07, 6.45) is 0.870. The normalized spacial score (nSPS) is 11.3. The van der Waals surface area contributed by atoms with Gasteiger partial charge < -0.3 is 20.5 Å². The van der Waals surface area contributed by atoms with Crippen molar-refractivity contribution in [2.75, 3.05) is 10.6 Å². The van der Waals surface area contributed by atoms with Gasteiger partial charge in [0.05, 0.1) is 6.42 Å². The molecule has 3 aromatic carbocycles. The van der Waals surface area contributed by atoms with Crippen LogP contribution in [-0.4, -0.2) is 22.0 Å². The van der Waals surface area contributed by atoms with E-state index in [2.05, 4.69) is 15.6 Å². The number of ether oxygens (including phenoxy) is 1. The average Bonchev–Trinajstić information content (AvgIpc) is 2.85. The number of rotatable bonds is 9. The lowest BCUT2D eigenvalue weighted by molar-refractivity contribution is -0.138. The van der Waals surface area contributed by atoms with Crippen LogP contribution in [0.3, 0.4) is 0 Å². The van der Waals surface area contributed by atoms with Gasteiger partial charge in [-0.25, -0.2) is 4.98 Å². The molecule has 170 valence electrons. The molecular formula is C27H23N3O4. The zero-order valence-corrected chi connectivity index (χ0v) is 18.2. The first-order valence-corrected chi connectivity index (χ1v) is 10.7. The molecule has 0 saturated heterocycles. The van der Waals surface area contributed by atoms with Crippen molar-refractivity contribution in [3.63, 3.8) is 0 Å². The Balaban J connectivity index is 1.42. The van der Waals surface area contributed by atoms with Gasteiger partial charge in [0.25, 0.3) is 5.91 Å². The number of aromatic nitrogens is 1. The third kappa shape index (κ3) is 6.20. The Morgan fingerprint density at radius 2 is 1.62 bits per heavy atom. The number of nitrogens with zero attached hydrogens (tertiary/aromatic N) is 1. The highest BCUT2D eigenvalue weighted by Gasteiger charge is 2.18. The zero-order chi connectivity index (χ0) is 23.8. The van der Waals surface area contributed by atoms with Crippen LogP contribution < -0.4 is 15.4 Å². The Kier molecular flexibility index (Phi) is 7.15. The van der Waals surface area contributed by atoms with Gasteiger partial charge in [0, 0.05) is 29.2 Å². The monoisotopic (exact) mass is 453 g/mol. The number of carboxylic acid groups (broad SMARTS) is 1. The van der Waals surface area contributed by atoms with Crippen LogP contribution in [0.2, 0.25) is 0 Å². The average molecular weight is 453 g/mol. The molecule has 0 spiro atoms. The van der Waals surface area contributed by atoms with E-state index in [1.807, 2.05) is 48.5 Å². The van der Waals surface area contributed by atoms with Crippen molar-refractivity contribution in [2.24, 2.45) is 0 Å². The first kappa shape index (κ1) is 22.5. The summed E-state index contributed by atoms with van der Waals surface area (Å²) >= 11 is 0. The van der Waals surface area contributed by atoms with Gasteiger partial charge in [-0.05, 0) is 54.1 Å². The van der Waals surface area contributed by atoms with Gasteiger partial charge in [-0.3, -0.25) is 9.59 Å². The molecule has 34 heavy (non-hydrogen) atoms. The van der Waals surface area contributed by atoms with Crippen LogP contribution in [0.25, 0.3) is 0 Å². The fourth-order valence-electron chi connectivity index (χ4n) is 3.36. The molecule has 0 aliphatic carbocycles. The Labute approximate surface area is 197 Å². The second-order valence-corrected chi connectivity index (χ2v) is 7.51. The van der Waals surface area contributed by atoms with Crippen LogP contribution in [0, 0.1) is 0 Å². The van der Waals surface area contributed by atoms with Crippen molar-refractivity contribution >= 4 is 29.1 Å². The lowest BCUT2D eigenvalue weighted by Crippen LogP contribution is -2.14. The number of aliphatic carboxylic acids is 1. The summed E-state index contributed by atoms with van der Waals surface area (Å²) < 4.78 is 5.97. The number of carbonyl (C=O) groups is 2. The number of carbonyl (C=O) groups excluding carboxylic acids is 1. The minimum Gasteiger partial charge on any atom is -0.485 e. The third-order valence-electron chi connectivity index (χ3n) is 4.99. The molecule has 0 bridgehead atoms. The van der Waals surface area contributed by atoms with Crippen LogP contribution in [0.4, 0.5) is 17.2 Å². The van der Waals surface area contributed by atoms with Crippen molar-refractivity contribution in [3.8, 4) is 5.75 Å². The minimum atomic E-state index is -0.959. The van der Waals surface area contributed by atoms with Crippen molar-refractivity contribution in [3.05, 3.63) is 114 Å². The van der Waals surface area contributed by atoms with E-state index in [9.17, 15) is 14.7 Å². The van der Waals surface area contributed by atoms with Crippen molar-refractivity contribution in [1.29, 1.82) is 0 Å². The van der Waals surface area contributed by atoms with Crippen molar-refractivity contribution in [2.45, 2.75) is 12.5 Å². The summed E-state index contributed by atoms with van der Waals surface area (Å²) in [5, 5.41) is 15.3. The molecule has 1 amide bonds. The standard InChI is InChI=1S/C27H23N3O4/c31-26(32)18-24(19-7-2-1-3-8-19)34-23-10-6-9-22(17-23)30-27(33)20-12-14-21(15-13-20)29-25-11-4-5-16-28-25/h1-17,24H,18H2,(H,28,29)(H,30,33)(H,31,32). The first-order chi connectivity index (χ1) is 16.6. The first-order valence-electron chi connectivity index (χ1n) is 10.7. The number of nitrogens with one attached hydrogen (secondary N) is 2. The van der Waals surface area contributed by atoms with E-state index in [4.69, 9.17) is 4.74 Å². The second-order valence-electron chi connectivity index (χ2n) is 7.51. The molecule has 7 nitrogen and oxygen atoms in total. The second kappa shape index (κ2) is 10.8. The maximum atomic E-state index is 12.7. The molecule has 4 rings (SSSR count). The predicted octanol–water partition coefficient (Wildman–Crippen LogP) is 5.67. The summed E-state index contributed by atoms with van der Waals surface area (Å²) in [6, 6.07) is 28.7. The van der Waals surface area contributed by atoms with E-state index in [1.54, 1.807) is 54.7 Å². The van der Waals surface area contributed by atoms with E-state index in [0.717, 1.165) is 11.3 Å². The number of hydrogen-bond acceptors (Lipinski definition) is 5. The smallest absolute Gasteiger partial charge is 0.307 e. The molecular weight excluding hydrogens is 430 g/mol. The summed E-state index contributed by atoms with van der Waals surface area (Å²) in [5.74, 6) is -0.0537. The third-order valence-corrected chi connectivity index (χ3v) is 4.99. The lowest BCUT2D eigenvalue weighted by atomic mass is 10.1. The highest BCUT2D eigenvalue weighted by molar-refractivity contribution is 6.04. The summed E-state index contributed by atoms with van der Waals surface area (Å²) in [7, 11) is 0. The Morgan fingerprint density at radius 1 is 0.853 bits per heavy atom. The number of amides is 1. The molecule has 3 N–H and O–H groups in total. The van der Waals surface area contributed by atoms with Gasteiger partial charge in [-0.1, -0.05) is 42.5 Å². The molecule has 1 atom stereocenters. The largest absolute Gasteiger partial charge is 0.485 e. The van der Waals surface area contributed by atoms with E-state index >= 15 is 0 Å². The molecule has 0 aliphatic heterocycles. The number of pyridine rings is 1. The summed E-state index contributed by atoms with van der Waals surface area (Å²) in [5.41, 5.74) is 2.61. The summed E-state index contributed by atoms with van der Waals surface area (Å²) in [4.78, 5) is 28.3. The molecule has 1 heterocycles.